The Labute approximate surface area is 235 Å². The van der Waals surface area contributed by atoms with Crippen LogP contribution in [0.1, 0.15) is 78.8 Å². The predicted molar refractivity (Wildman–Crippen MR) is 162 cm³/mol. The van der Waals surface area contributed by atoms with E-state index in [1.165, 1.54) is 6.42 Å². The van der Waals surface area contributed by atoms with Gasteiger partial charge in [-0.1, -0.05) is 69.7 Å². The molecule has 9 heteroatoms. The standard InChI is InChI=1S/C27H36N6O3.C3H8.2H2/c1-3-16-31-32-27-20-10-5-4-9-19(20)18-33(22-12-7-6-11-21(22)26(27)28)25(36)15-17-30-24(35)14-8-13-23(34)29-2;1-3-2;;/h4-7,9-12,31-32H,3,8,13-18,28H2,1-2H3,(H,29,34)(H,30,35);3H2,1-2H3;2*1H/b27-26-;;;. The molecule has 1 aliphatic rings. The number of para-hydroxylation sites is 1. The number of carbonyl (C=O) groups is 3. The summed E-state index contributed by atoms with van der Waals surface area (Å²) in [5, 5.41) is 5.33. The summed E-state index contributed by atoms with van der Waals surface area (Å²) in [6, 6.07) is 15.5. The summed E-state index contributed by atoms with van der Waals surface area (Å²) in [5.41, 5.74) is 17.9. The first-order chi connectivity index (χ1) is 18.9. The van der Waals surface area contributed by atoms with Gasteiger partial charge in [-0.2, -0.15) is 0 Å². The van der Waals surface area contributed by atoms with Gasteiger partial charge < -0.3 is 26.7 Å². The minimum Gasteiger partial charge on any atom is -0.396 e. The van der Waals surface area contributed by atoms with E-state index in [4.69, 9.17) is 5.73 Å². The second-order valence-electron chi connectivity index (χ2n) is 9.33. The predicted octanol–water partition coefficient (Wildman–Crippen LogP) is 4.15. The molecule has 0 saturated heterocycles. The number of nitrogens with zero attached hydrogens (tertiary/aromatic N) is 1. The molecule has 0 saturated carbocycles. The van der Waals surface area contributed by atoms with E-state index < -0.39 is 0 Å². The van der Waals surface area contributed by atoms with Crippen molar-refractivity contribution >= 4 is 34.8 Å². The third-order valence-corrected chi connectivity index (χ3v) is 6.01. The Balaban J connectivity index is 0.00000306. The summed E-state index contributed by atoms with van der Waals surface area (Å²) in [4.78, 5) is 38.6. The molecule has 6 N–H and O–H groups in total. The van der Waals surface area contributed by atoms with Gasteiger partial charge in [-0.15, -0.1) is 0 Å². The van der Waals surface area contributed by atoms with Gasteiger partial charge in [-0.05, 0) is 24.5 Å². The molecule has 1 heterocycles. The fourth-order valence-corrected chi connectivity index (χ4v) is 4.07. The van der Waals surface area contributed by atoms with Crippen LogP contribution in [0.5, 0.6) is 0 Å². The Hall–Kier alpha value is -3.85. The topological polar surface area (TPSA) is 129 Å². The molecule has 3 rings (SSSR count). The molecule has 216 valence electrons. The Morgan fingerprint density at radius 2 is 1.54 bits per heavy atom. The van der Waals surface area contributed by atoms with Crippen LogP contribution in [0.3, 0.4) is 0 Å². The third-order valence-electron chi connectivity index (χ3n) is 6.01. The Bertz CT molecular complexity index is 1140. The number of benzene rings is 2. The van der Waals surface area contributed by atoms with E-state index in [1.54, 1.807) is 11.9 Å². The second-order valence-corrected chi connectivity index (χ2v) is 9.33. The second kappa shape index (κ2) is 16.9. The molecule has 3 amide bonds. The van der Waals surface area contributed by atoms with Crippen molar-refractivity contribution in [1.29, 1.82) is 0 Å². The van der Waals surface area contributed by atoms with Crippen LogP contribution in [0, 0.1) is 0 Å². The maximum absolute atomic E-state index is 13.4. The van der Waals surface area contributed by atoms with Crippen LogP contribution in [-0.4, -0.2) is 37.9 Å². The first-order valence-electron chi connectivity index (χ1n) is 13.8. The Morgan fingerprint density at radius 3 is 2.23 bits per heavy atom. The van der Waals surface area contributed by atoms with Crippen molar-refractivity contribution in [3.05, 3.63) is 65.2 Å². The number of nitrogens with two attached hydrogens (primary N) is 1. The van der Waals surface area contributed by atoms with Crippen LogP contribution in [0.4, 0.5) is 5.69 Å². The van der Waals surface area contributed by atoms with E-state index in [1.807, 2.05) is 48.5 Å². The van der Waals surface area contributed by atoms with Gasteiger partial charge in [0.05, 0.1) is 23.6 Å². The van der Waals surface area contributed by atoms with Gasteiger partial charge in [-0.25, -0.2) is 5.43 Å². The number of fused-ring (bicyclic) bond motifs is 2. The van der Waals surface area contributed by atoms with Crippen LogP contribution < -0.4 is 32.1 Å². The number of anilines is 1. The van der Waals surface area contributed by atoms with Crippen LogP contribution in [0.2, 0.25) is 0 Å². The van der Waals surface area contributed by atoms with Crippen molar-refractivity contribution < 1.29 is 17.2 Å². The number of rotatable bonds is 11. The minimum absolute atomic E-state index is 0. The molecule has 0 aliphatic carbocycles. The van der Waals surface area contributed by atoms with Crippen molar-refractivity contribution in [2.24, 2.45) is 5.73 Å². The van der Waals surface area contributed by atoms with Crippen molar-refractivity contribution in [2.45, 2.75) is 65.8 Å². The molecule has 0 unspecified atom stereocenters. The van der Waals surface area contributed by atoms with Crippen LogP contribution >= 0.6 is 0 Å². The van der Waals surface area contributed by atoms with Gasteiger partial charge in [0.1, 0.15) is 0 Å². The number of hydrogen-bond acceptors (Lipinski definition) is 6. The molecule has 0 bridgehead atoms. The van der Waals surface area contributed by atoms with Crippen molar-refractivity contribution in [3.8, 4) is 0 Å². The van der Waals surface area contributed by atoms with Crippen LogP contribution in [0.15, 0.2) is 48.5 Å². The number of amides is 3. The minimum atomic E-state index is -0.174. The Morgan fingerprint density at radius 1 is 0.897 bits per heavy atom. The molecule has 0 fully saturated rings. The van der Waals surface area contributed by atoms with Crippen molar-refractivity contribution in [1.82, 2.24) is 21.5 Å². The lowest BCUT2D eigenvalue weighted by atomic mass is 9.96. The van der Waals surface area contributed by atoms with Gasteiger partial charge >= 0.3 is 0 Å². The van der Waals surface area contributed by atoms with E-state index in [9.17, 15) is 14.4 Å². The van der Waals surface area contributed by atoms with E-state index >= 15 is 0 Å². The number of hydrazine groups is 1. The zero-order valence-electron chi connectivity index (χ0n) is 23.7. The SMILES string of the molecule is CCC.CCCNN/C1=C(\N)c2ccccc2N(C(=O)CCNC(=O)CCCC(=O)NC)Cc2ccccc21.[HH].[HH]. The molecule has 0 atom stereocenters. The van der Waals surface area contributed by atoms with Crippen molar-refractivity contribution in [3.63, 3.8) is 0 Å². The highest BCUT2D eigenvalue weighted by molar-refractivity contribution is 6.01. The smallest absolute Gasteiger partial charge is 0.229 e. The van der Waals surface area contributed by atoms with Gasteiger partial charge in [0, 0.05) is 53.4 Å². The highest BCUT2D eigenvalue weighted by atomic mass is 16.2. The fourth-order valence-electron chi connectivity index (χ4n) is 4.07. The first kappa shape index (κ1) is 31.4. The van der Waals surface area contributed by atoms with Crippen LogP contribution in [0.25, 0.3) is 11.4 Å². The highest BCUT2D eigenvalue weighted by Gasteiger charge is 2.26. The van der Waals surface area contributed by atoms with Gasteiger partial charge in [0.25, 0.3) is 0 Å². The highest BCUT2D eigenvalue weighted by Crippen LogP contribution is 2.34. The van der Waals surface area contributed by atoms with E-state index in [-0.39, 0.29) is 40.0 Å². The van der Waals surface area contributed by atoms with Crippen molar-refractivity contribution in [2.75, 3.05) is 25.0 Å². The lowest BCUT2D eigenvalue weighted by Crippen LogP contribution is -2.37. The van der Waals surface area contributed by atoms with Gasteiger partial charge in [0.15, 0.2) is 0 Å². The quantitative estimate of drug-likeness (QED) is 0.215. The summed E-state index contributed by atoms with van der Waals surface area (Å²) in [6.07, 6.45) is 3.36. The maximum Gasteiger partial charge on any atom is 0.229 e. The number of carbonyl (C=O) groups excluding carboxylic acids is 3. The summed E-state index contributed by atoms with van der Waals surface area (Å²) < 4.78 is 0. The number of nitrogens with one attached hydrogen (secondary N) is 4. The number of hydrogen-bond donors (Lipinski definition) is 5. The molecule has 2 aromatic carbocycles. The fraction of sp³-hybridized carbons (Fsp3) is 0.433. The third kappa shape index (κ3) is 9.44. The summed E-state index contributed by atoms with van der Waals surface area (Å²) in [5.74, 6) is -0.384. The maximum atomic E-state index is 13.4. The molecule has 0 aromatic heterocycles. The van der Waals surface area contributed by atoms with E-state index in [2.05, 4.69) is 42.3 Å². The van der Waals surface area contributed by atoms with Gasteiger partial charge in [-0.3, -0.25) is 14.4 Å². The summed E-state index contributed by atoms with van der Waals surface area (Å²) in [6.45, 7) is 7.71. The zero-order chi connectivity index (χ0) is 28.6. The molecular formula is C30H48N6O3. The average molecular weight is 541 g/mol. The molecule has 39 heavy (non-hydrogen) atoms. The lowest BCUT2D eigenvalue weighted by molar-refractivity contribution is -0.122. The zero-order valence-corrected chi connectivity index (χ0v) is 23.7. The summed E-state index contributed by atoms with van der Waals surface area (Å²) >= 11 is 0. The van der Waals surface area contributed by atoms with E-state index in [0.717, 1.165) is 41.0 Å². The molecule has 0 radical (unpaired) electrons. The molecule has 0 spiro atoms. The van der Waals surface area contributed by atoms with Crippen LogP contribution in [-0.2, 0) is 20.9 Å². The normalized spacial score (nSPS) is 14.0. The molecule has 9 nitrogen and oxygen atoms in total. The lowest BCUT2D eigenvalue weighted by Gasteiger charge is -2.30. The average Bonchev–Trinajstić information content (AvgIpc) is 2.94. The molecular weight excluding hydrogens is 492 g/mol. The molecule has 1 aliphatic heterocycles. The largest absolute Gasteiger partial charge is 0.396 e. The first-order valence-corrected chi connectivity index (χ1v) is 13.8. The van der Waals surface area contributed by atoms with Gasteiger partial charge in [0.2, 0.25) is 17.7 Å². The Kier molecular flexibility index (Phi) is 13.6. The monoisotopic (exact) mass is 540 g/mol. The molecule has 2 aromatic rings. The summed E-state index contributed by atoms with van der Waals surface area (Å²) in [7, 11) is 1.57. The van der Waals surface area contributed by atoms with E-state index in [0.29, 0.717) is 25.1 Å².